The largest absolute Gasteiger partial charge is 0.357 e. The standard InChI is InChI=1S/C16H35N5.HI/c1-5-15(3)19-16(17-6-2)18-9-7-11-21-12-8-10-20(4)13-14-21;/h15H,5-14H2,1-4H3,(H2,17,18,19);1H. The average molecular weight is 425 g/mol. The molecule has 0 amide bonds. The van der Waals surface area contributed by atoms with Crippen molar-refractivity contribution >= 4 is 29.9 Å². The molecule has 1 saturated heterocycles. The summed E-state index contributed by atoms with van der Waals surface area (Å²) in [6.45, 7) is 14.3. The van der Waals surface area contributed by atoms with E-state index in [1.807, 2.05) is 0 Å². The van der Waals surface area contributed by atoms with E-state index >= 15 is 0 Å². The van der Waals surface area contributed by atoms with E-state index in [1.54, 1.807) is 0 Å². The van der Waals surface area contributed by atoms with Gasteiger partial charge in [-0.05, 0) is 59.8 Å². The number of guanidine groups is 1. The Labute approximate surface area is 154 Å². The molecule has 0 spiro atoms. The van der Waals surface area contributed by atoms with Crippen LogP contribution in [0.2, 0.25) is 0 Å². The fourth-order valence-corrected chi connectivity index (χ4v) is 2.46. The van der Waals surface area contributed by atoms with Crippen LogP contribution in [0.1, 0.15) is 40.0 Å². The van der Waals surface area contributed by atoms with Crippen molar-refractivity contribution in [2.24, 2.45) is 4.99 Å². The fraction of sp³-hybridized carbons (Fsp3) is 0.938. The zero-order valence-electron chi connectivity index (χ0n) is 14.9. The van der Waals surface area contributed by atoms with Crippen molar-refractivity contribution in [3.8, 4) is 0 Å². The number of hydrogen-bond acceptors (Lipinski definition) is 3. The Morgan fingerprint density at radius 3 is 2.64 bits per heavy atom. The molecule has 0 aromatic rings. The van der Waals surface area contributed by atoms with E-state index in [9.17, 15) is 0 Å². The molecule has 1 fully saturated rings. The van der Waals surface area contributed by atoms with Gasteiger partial charge in [-0.15, -0.1) is 24.0 Å². The van der Waals surface area contributed by atoms with Crippen LogP contribution in [0.4, 0.5) is 0 Å². The normalized spacial score (nSPS) is 19.2. The number of halogens is 1. The Hall–Kier alpha value is -0.0800. The Morgan fingerprint density at radius 1 is 1.18 bits per heavy atom. The summed E-state index contributed by atoms with van der Waals surface area (Å²) in [5.74, 6) is 0.961. The van der Waals surface area contributed by atoms with E-state index in [0.29, 0.717) is 6.04 Å². The third kappa shape index (κ3) is 9.84. The van der Waals surface area contributed by atoms with E-state index in [-0.39, 0.29) is 24.0 Å². The van der Waals surface area contributed by atoms with Crippen LogP contribution in [0.5, 0.6) is 0 Å². The second kappa shape index (κ2) is 13.4. The Kier molecular flexibility index (Phi) is 13.3. The van der Waals surface area contributed by atoms with Gasteiger partial charge in [0.1, 0.15) is 0 Å². The molecule has 22 heavy (non-hydrogen) atoms. The number of aliphatic imine (C=N–C) groups is 1. The second-order valence-corrected chi connectivity index (χ2v) is 6.07. The van der Waals surface area contributed by atoms with Gasteiger partial charge in [-0.2, -0.15) is 0 Å². The van der Waals surface area contributed by atoms with Crippen molar-refractivity contribution in [2.45, 2.75) is 46.1 Å². The zero-order chi connectivity index (χ0) is 15.5. The second-order valence-electron chi connectivity index (χ2n) is 6.07. The Morgan fingerprint density at radius 2 is 1.95 bits per heavy atom. The number of likely N-dealkylation sites (N-methyl/N-ethyl adjacent to an activating group) is 1. The van der Waals surface area contributed by atoms with E-state index in [0.717, 1.165) is 31.9 Å². The summed E-state index contributed by atoms with van der Waals surface area (Å²) in [5, 5.41) is 6.76. The summed E-state index contributed by atoms with van der Waals surface area (Å²) in [5.41, 5.74) is 0. The molecule has 0 saturated carbocycles. The third-order valence-corrected chi connectivity index (χ3v) is 4.05. The molecular weight excluding hydrogens is 389 g/mol. The molecule has 2 N–H and O–H groups in total. The summed E-state index contributed by atoms with van der Waals surface area (Å²) in [4.78, 5) is 9.69. The van der Waals surface area contributed by atoms with Gasteiger partial charge in [0, 0.05) is 32.2 Å². The number of rotatable bonds is 7. The van der Waals surface area contributed by atoms with Crippen LogP contribution in [0.3, 0.4) is 0 Å². The highest BCUT2D eigenvalue weighted by Crippen LogP contribution is 2.01. The lowest BCUT2D eigenvalue weighted by molar-refractivity contribution is 0.275. The Balaban J connectivity index is 0.00000441. The van der Waals surface area contributed by atoms with Gasteiger partial charge >= 0.3 is 0 Å². The van der Waals surface area contributed by atoms with Crippen molar-refractivity contribution in [1.82, 2.24) is 20.4 Å². The molecule has 0 aromatic carbocycles. The van der Waals surface area contributed by atoms with Gasteiger partial charge in [-0.1, -0.05) is 6.92 Å². The van der Waals surface area contributed by atoms with Crippen molar-refractivity contribution in [2.75, 3.05) is 52.9 Å². The molecule has 0 bridgehead atoms. The molecule has 0 aromatic heterocycles. The first-order valence-electron chi connectivity index (χ1n) is 8.61. The highest BCUT2D eigenvalue weighted by Gasteiger charge is 2.11. The summed E-state index contributed by atoms with van der Waals surface area (Å²) in [6.07, 6.45) is 3.55. The minimum atomic E-state index is 0. The monoisotopic (exact) mass is 425 g/mol. The van der Waals surface area contributed by atoms with Gasteiger partial charge in [0.2, 0.25) is 0 Å². The Bertz CT molecular complexity index is 298. The molecule has 1 heterocycles. The first-order valence-corrected chi connectivity index (χ1v) is 8.61. The molecule has 1 aliphatic heterocycles. The van der Waals surface area contributed by atoms with Crippen LogP contribution >= 0.6 is 24.0 Å². The lowest BCUT2D eigenvalue weighted by atomic mass is 10.3. The minimum absolute atomic E-state index is 0. The molecule has 1 rings (SSSR count). The van der Waals surface area contributed by atoms with Gasteiger partial charge in [0.15, 0.2) is 5.96 Å². The molecule has 0 aliphatic carbocycles. The van der Waals surface area contributed by atoms with Gasteiger partial charge in [-0.3, -0.25) is 4.99 Å². The zero-order valence-corrected chi connectivity index (χ0v) is 17.2. The van der Waals surface area contributed by atoms with E-state index in [4.69, 9.17) is 0 Å². The molecule has 1 atom stereocenters. The van der Waals surface area contributed by atoms with Crippen LogP contribution in [-0.2, 0) is 0 Å². The highest BCUT2D eigenvalue weighted by molar-refractivity contribution is 14.0. The highest BCUT2D eigenvalue weighted by atomic mass is 127. The number of hydrogen-bond donors (Lipinski definition) is 2. The fourth-order valence-electron chi connectivity index (χ4n) is 2.46. The first kappa shape index (κ1) is 21.9. The maximum absolute atomic E-state index is 4.68. The van der Waals surface area contributed by atoms with Crippen LogP contribution in [0.15, 0.2) is 4.99 Å². The number of nitrogens with one attached hydrogen (secondary N) is 2. The van der Waals surface area contributed by atoms with Gasteiger partial charge in [0.25, 0.3) is 0 Å². The quantitative estimate of drug-likeness (QED) is 0.283. The van der Waals surface area contributed by atoms with Crippen LogP contribution in [-0.4, -0.2) is 74.7 Å². The molecule has 1 aliphatic rings. The molecular formula is C16H36IN5. The van der Waals surface area contributed by atoms with Crippen molar-refractivity contribution < 1.29 is 0 Å². The summed E-state index contributed by atoms with van der Waals surface area (Å²) in [7, 11) is 2.22. The van der Waals surface area contributed by atoms with E-state index in [2.05, 4.69) is 53.2 Å². The van der Waals surface area contributed by atoms with E-state index < -0.39 is 0 Å². The molecule has 5 nitrogen and oxygen atoms in total. The molecule has 6 heteroatoms. The maximum Gasteiger partial charge on any atom is 0.191 e. The molecule has 1 unspecified atom stereocenters. The van der Waals surface area contributed by atoms with Gasteiger partial charge in [0.05, 0.1) is 0 Å². The van der Waals surface area contributed by atoms with Crippen molar-refractivity contribution in [1.29, 1.82) is 0 Å². The lowest BCUT2D eigenvalue weighted by Gasteiger charge is -2.20. The summed E-state index contributed by atoms with van der Waals surface area (Å²) < 4.78 is 0. The number of nitrogens with zero attached hydrogens (tertiary/aromatic N) is 3. The molecule has 0 radical (unpaired) electrons. The predicted octanol–water partition coefficient (Wildman–Crippen LogP) is 1.99. The average Bonchev–Trinajstić information content (AvgIpc) is 2.68. The van der Waals surface area contributed by atoms with Crippen molar-refractivity contribution in [3.63, 3.8) is 0 Å². The van der Waals surface area contributed by atoms with Gasteiger partial charge < -0.3 is 20.4 Å². The first-order chi connectivity index (χ1) is 10.2. The lowest BCUT2D eigenvalue weighted by Crippen LogP contribution is -2.42. The van der Waals surface area contributed by atoms with Crippen LogP contribution < -0.4 is 10.6 Å². The third-order valence-electron chi connectivity index (χ3n) is 4.05. The van der Waals surface area contributed by atoms with Gasteiger partial charge in [-0.25, -0.2) is 0 Å². The van der Waals surface area contributed by atoms with E-state index in [1.165, 1.54) is 39.1 Å². The van der Waals surface area contributed by atoms with Crippen LogP contribution in [0.25, 0.3) is 0 Å². The van der Waals surface area contributed by atoms with Crippen molar-refractivity contribution in [3.05, 3.63) is 0 Å². The predicted molar refractivity (Wildman–Crippen MR) is 107 cm³/mol. The summed E-state index contributed by atoms with van der Waals surface area (Å²) >= 11 is 0. The topological polar surface area (TPSA) is 42.9 Å². The molecule has 132 valence electrons. The SMILES string of the molecule is CCNC(=NCCCN1CCCN(C)CC1)NC(C)CC.I. The smallest absolute Gasteiger partial charge is 0.191 e. The maximum atomic E-state index is 4.68. The van der Waals surface area contributed by atoms with Crippen LogP contribution in [0, 0.1) is 0 Å². The summed E-state index contributed by atoms with van der Waals surface area (Å²) in [6, 6.07) is 0.476. The minimum Gasteiger partial charge on any atom is -0.357 e.